The number of hydrogen-bond acceptors (Lipinski definition) is 7. The first-order valence-electron chi connectivity index (χ1n) is 11.0. The number of carbonyl (C=O) groups excluding carboxylic acids is 2. The summed E-state index contributed by atoms with van der Waals surface area (Å²) in [5.41, 5.74) is 1.38. The van der Waals surface area contributed by atoms with E-state index in [2.05, 4.69) is 37.2 Å². The Labute approximate surface area is 187 Å². The lowest BCUT2D eigenvalue weighted by Crippen LogP contribution is -2.22. The van der Waals surface area contributed by atoms with Crippen LogP contribution in [0.3, 0.4) is 0 Å². The van der Waals surface area contributed by atoms with E-state index in [1.54, 1.807) is 18.3 Å². The quantitative estimate of drug-likeness (QED) is 0.330. The number of fused-ring (bicyclic) bond motifs is 1. The van der Waals surface area contributed by atoms with Crippen LogP contribution in [0.2, 0.25) is 0 Å². The van der Waals surface area contributed by atoms with Gasteiger partial charge in [-0.1, -0.05) is 12.2 Å². The fraction of sp³-hybridized carbons (Fsp3) is 0.435. The van der Waals surface area contributed by atoms with Crippen LogP contribution in [0.4, 0.5) is 5.82 Å². The molecule has 1 aliphatic rings. The van der Waals surface area contributed by atoms with Crippen molar-refractivity contribution < 1.29 is 9.59 Å². The van der Waals surface area contributed by atoms with Crippen LogP contribution in [0.15, 0.2) is 47.0 Å². The summed E-state index contributed by atoms with van der Waals surface area (Å²) >= 11 is 0. The molecule has 0 fully saturated rings. The first kappa shape index (κ1) is 24.9. The molecule has 1 aliphatic carbocycles. The largest absolute Gasteiger partial charge is 0.367 e. The Balaban J connectivity index is 0.000000229. The summed E-state index contributed by atoms with van der Waals surface area (Å²) in [6, 6.07) is 3.48. The molecule has 4 N–H and O–H groups in total. The molecule has 172 valence electrons. The lowest BCUT2D eigenvalue weighted by molar-refractivity contribution is -0.120. The molecule has 0 atom stereocenters. The van der Waals surface area contributed by atoms with Gasteiger partial charge in [0.05, 0.1) is 5.39 Å². The van der Waals surface area contributed by atoms with Gasteiger partial charge < -0.3 is 20.7 Å². The SMILES string of the molecule is CNCCCNc1n[nH]c(=O)c2cccnc12.O=CCCCC(=O)NC1=CC=CCCC1. The Hall–Kier alpha value is -3.33. The Morgan fingerprint density at radius 3 is 2.97 bits per heavy atom. The molecule has 9 nitrogen and oxygen atoms in total. The third-order valence-electron chi connectivity index (χ3n) is 4.72. The fourth-order valence-corrected chi connectivity index (χ4v) is 3.06. The van der Waals surface area contributed by atoms with Gasteiger partial charge in [-0.2, -0.15) is 5.10 Å². The van der Waals surface area contributed by atoms with Crippen molar-refractivity contribution in [3.8, 4) is 0 Å². The summed E-state index contributed by atoms with van der Waals surface area (Å²) in [5.74, 6) is 0.634. The standard InChI is InChI=1S/C12H17NO2.C11H15N5O/c14-10-6-5-9-12(15)13-11-7-3-1-2-4-8-11;1-12-5-3-7-14-10-9-8(4-2-6-13-9)11(17)16-15-10/h1,3,7,10H,2,4-6,8-9H2,(H,13,15);2,4,6,12H,3,5,7H2,1H3,(H,14,15)(H,16,17). The van der Waals surface area contributed by atoms with Crippen molar-refractivity contribution in [2.24, 2.45) is 0 Å². The van der Waals surface area contributed by atoms with Crippen molar-refractivity contribution in [3.63, 3.8) is 0 Å². The van der Waals surface area contributed by atoms with Gasteiger partial charge in [-0.05, 0) is 63.9 Å². The number of rotatable bonds is 10. The number of anilines is 1. The number of carbonyl (C=O) groups is 2. The summed E-state index contributed by atoms with van der Waals surface area (Å²) in [5, 5.41) is 16.1. The average Bonchev–Trinajstić information content (AvgIpc) is 3.07. The van der Waals surface area contributed by atoms with Crippen LogP contribution in [0.25, 0.3) is 10.9 Å². The van der Waals surface area contributed by atoms with Crippen LogP contribution in [-0.2, 0) is 9.59 Å². The van der Waals surface area contributed by atoms with Gasteiger partial charge in [0, 0.05) is 31.3 Å². The van der Waals surface area contributed by atoms with Gasteiger partial charge in [-0.25, -0.2) is 5.10 Å². The van der Waals surface area contributed by atoms with Crippen LogP contribution in [-0.4, -0.2) is 47.5 Å². The molecule has 0 unspecified atom stereocenters. The number of pyridine rings is 1. The molecule has 0 radical (unpaired) electrons. The highest BCUT2D eigenvalue weighted by Crippen LogP contribution is 2.13. The first-order chi connectivity index (χ1) is 15.7. The normalized spacial score (nSPS) is 12.8. The number of aldehydes is 1. The highest BCUT2D eigenvalue weighted by molar-refractivity contribution is 5.86. The third-order valence-corrected chi connectivity index (χ3v) is 4.72. The predicted molar refractivity (Wildman–Crippen MR) is 126 cm³/mol. The molecule has 0 aromatic carbocycles. The number of unbranched alkanes of at least 4 members (excludes halogenated alkanes) is 1. The second-order valence-electron chi connectivity index (χ2n) is 7.30. The van der Waals surface area contributed by atoms with E-state index in [1.165, 1.54) is 0 Å². The molecule has 0 saturated heterocycles. The molecule has 0 saturated carbocycles. The smallest absolute Gasteiger partial charge is 0.273 e. The Morgan fingerprint density at radius 2 is 2.16 bits per heavy atom. The molecule has 2 heterocycles. The van der Waals surface area contributed by atoms with Gasteiger partial charge in [0.25, 0.3) is 5.56 Å². The number of aromatic nitrogens is 3. The third kappa shape index (κ3) is 8.81. The van der Waals surface area contributed by atoms with Gasteiger partial charge in [0.1, 0.15) is 11.8 Å². The van der Waals surface area contributed by atoms with Gasteiger partial charge in [-0.15, -0.1) is 0 Å². The first-order valence-corrected chi connectivity index (χ1v) is 11.0. The summed E-state index contributed by atoms with van der Waals surface area (Å²) < 4.78 is 0. The monoisotopic (exact) mass is 440 g/mol. The lowest BCUT2D eigenvalue weighted by Gasteiger charge is -2.07. The summed E-state index contributed by atoms with van der Waals surface area (Å²) in [6.07, 6.45) is 14.1. The van der Waals surface area contributed by atoms with Crippen LogP contribution < -0.4 is 21.5 Å². The molecular weight excluding hydrogens is 408 g/mol. The van der Waals surface area contributed by atoms with E-state index >= 15 is 0 Å². The number of nitrogens with one attached hydrogen (secondary N) is 4. The van der Waals surface area contributed by atoms with Crippen LogP contribution in [0, 0.1) is 0 Å². The number of H-pyrrole nitrogens is 1. The summed E-state index contributed by atoms with van der Waals surface area (Å²) in [6.45, 7) is 1.72. The zero-order valence-corrected chi connectivity index (χ0v) is 18.5. The maximum atomic E-state index is 11.5. The molecule has 3 rings (SSSR count). The van der Waals surface area contributed by atoms with E-state index in [0.717, 1.165) is 50.8 Å². The highest BCUT2D eigenvalue weighted by Gasteiger charge is 2.06. The van der Waals surface area contributed by atoms with Crippen LogP contribution in [0.1, 0.15) is 44.9 Å². The predicted octanol–water partition coefficient (Wildman–Crippen LogP) is 2.44. The fourth-order valence-electron chi connectivity index (χ4n) is 3.06. The average molecular weight is 441 g/mol. The highest BCUT2D eigenvalue weighted by atomic mass is 16.1. The molecule has 0 spiro atoms. The van der Waals surface area contributed by atoms with Gasteiger partial charge in [0.2, 0.25) is 5.91 Å². The van der Waals surface area contributed by atoms with E-state index in [1.807, 2.05) is 19.2 Å². The Kier molecular flexibility index (Phi) is 11.4. The molecule has 0 aliphatic heterocycles. The van der Waals surface area contributed by atoms with Crippen molar-refractivity contribution in [1.29, 1.82) is 0 Å². The zero-order chi connectivity index (χ0) is 23.0. The second-order valence-corrected chi connectivity index (χ2v) is 7.30. The van der Waals surface area contributed by atoms with Gasteiger partial charge >= 0.3 is 0 Å². The van der Waals surface area contributed by atoms with E-state index in [9.17, 15) is 14.4 Å². The minimum Gasteiger partial charge on any atom is -0.367 e. The number of aromatic amines is 1. The number of amides is 1. The molecule has 32 heavy (non-hydrogen) atoms. The van der Waals surface area contributed by atoms with Crippen molar-refractivity contribution in [2.45, 2.75) is 44.9 Å². The van der Waals surface area contributed by atoms with Crippen molar-refractivity contribution in [2.75, 3.05) is 25.5 Å². The lowest BCUT2D eigenvalue weighted by atomic mass is 10.2. The molecule has 1 amide bonds. The van der Waals surface area contributed by atoms with Crippen molar-refractivity contribution >= 4 is 28.9 Å². The van der Waals surface area contributed by atoms with Crippen LogP contribution in [0.5, 0.6) is 0 Å². The second kappa shape index (κ2) is 14.6. The van der Waals surface area contributed by atoms with E-state index < -0.39 is 0 Å². The molecule has 2 aromatic heterocycles. The number of hydrogen-bond donors (Lipinski definition) is 4. The van der Waals surface area contributed by atoms with Crippen molar-refractivity contribution in [1.82, 2.24) is 25.8 Å². The molecule has 9 heteroatoms. The summed E-state index contributed by atoms with van der Waals surface area (Å²) in [7, 11) is 1.91. The topological polar surface area (TPSA) is 129 Å². The van der Waals surface area contributed by atoms with Gasteiger partial charge in [0.15, 0.2) is 5.82 Å². The van der Waals surface area contributed by atoms with Gasteiger partial charge in [-0.3, -0.25) is 14.6 Å². The number of allylic oxidation sites excluding steroid dienone is 4. The minimum atomic E-state index is -0.214. The van der Waals surface area contributed by atoms with E-state index in [4.69, 9.17) is 0 Å². The number of nitrogens with zero attached hydrogens (tertiary/aromatic N) is 2. The Bertz CT molecular complexity index is 983. The summed E-state index contributed by atoms with van der Waals surface area (Å²) in [4.78, 5) is 37.2. The zero-order valence-electron chi connectivity index (χ0n) is 18.5. The molecule has 0 bridgehead atoms. The van der Waals surface area contributed by atoms with Crippen molar-refractivity contribution in [3.05, 3.63) is 52.6 Å². The molecular formula is C23H32N6O3. The van der Waals surface area contributed by atoms with E-state index in [-0.39, 0.29) is 11.5 Å². The van der Waals surface area contributed by atoms with Crippen LogP contribution >= 0.6 is 0 Å². The minimum absolute atomic E-state index is 0.0124. The maximum absolute atomic E-state index is 11.5. The Morgan fingerprint density at radius 1 is 1.28 bits per heavy atom. The molecule has 2 aromatic rings. The van der Waals surface area contributed by atoms with E-state index in [0.29, 0.717) is 36.0 Å². The maximum Gasteiger partial charge on any atom is 0.273 e.